The number of esters is 1. The normalized spacial score (nSPS) is 11.1. The Labute approximate surface area is 155 Å². The molecule has 8 heteroatoms. The Hall–Kier alpha value is -2.24. The van der Waals surface area contributed by atoms with E-state index in [0.717, 1.165) is 9.69 Å². The SMILES string of the molecule is COC(=O)c1ccc(C(=O)NCC[As]c2nsc3ccccc23)nc1. The molecule has 0 aliphatic carbocycles. The molecule has 0 saturated heterocycles. The van der Waals surface area contributed by atoms with Gasteiger partial charge in [0, 0.05) is 0 Å². The second-order valence-electron chi connectivity index (χ2n) is 5.06. The number of methoxy groups -OCH3 is 1. The van der Waals surface area contributed by atoms with E-state index in [1.165, 1.54) is 47.1 Å². The van der Waals surface area contributed by atoms with Crippen LogP contribution in [-0.4, -0.2) is 50.6 Å². The molecule has 3 rings (SSSR count). The van der Waals surface area contributed by atoms with Gasteiger partial charge in [-0.1, -0.05) is 0 Å². The number of ether oxygens (including phenoxy) is 1. The number of pyridine rings is 1. The fourth-order valence-corrected chi connectivity index (χ4v) is 5.38. The van der Waals surface area contributed by atoms with E-state index in [0.29, 0.717) is 12.1 Å². The summed E-state index contributed by atoms with van der Waals surface area (Å²) in [5, 5.41) is 4.96. The van der Waals surface area contributed by atoms with Crippen molar-refractivity contribution >= 4 is 53.7 Å². The van der Waals surface area contributed by atoms with Crippen LogP contribution in [0.25, 0.3) is 10.1 Å². The maximum atomic E-state index is 12.1. The van der Waals surface area contributed by atoms with Crippen molar-refractivity contribution < 1.29 is 14.3 Å². The summed E-state index contributed by atoms with van der Waals surface area (Å²) in [5.41, 5.74) is 0.600. The van der Waals surface area contributed by atoms with E-state index >= 15 is 0 Å². The van der Waals surface area contributed by atoms with Crippen molar-refractivity contribution in [2.75, 3.05) is 13.7 Å². The summed E-state index contributed by atoms with van der Waals surface area (Å²) in [6.45, 7) is 0.575. The first-order chi connectivity index (χ1) is 12.2. The van der Waals surface area contributed by atoms with Crippen molar-refractivity contribution in [2.24, 2.45) is 0 Å². The first-order valence-electron chi connectivity index (χ1n) is 7.53. The number of aromatic nitrogens is 2. The summed E-state index contributed by atoms with van der Waals surface area (Å²) in [4.78, 5) is 27.4. The molecule has 1 aromatic carbocycles. The van der Waals surface area contributed by atoms with Crippen LogP contribution in [0.1, 0.15) is 20.8 Å². The number of carbonyl (C=O) groups excluding carboxylic acids is 2. The standard InChI is InChI=1S/C17H15AsN3O3S/c1-24-17(23)11-6-7-13(20-10-11)16(22)19-9-8-18-15-12-4-2-3-5-14(12)25-21-15/h2-7,10H,8-9H2,1H3,(H,19,22). The summed E-state index contributed by atoms with van der Waals surface area (Å²) in [7, 11) is 1.30. The Morgan fingerprint density at radius 2 is 2.08 bits per heavy atom. The van der Waals surface area contributed by atoms with Gasteiger partial charge in [0.05, 0.1) is 0 Å². The van der Waals surface area contributed by atoms with Crippen LogP contribution in [0.3, 0.4) is 0 Å². The predicted molar refractivity (Wildman–Crippen MR) is 97.7 cm³/mol. The fourth-order valence-electron chi connectivity index (χ4n) is 2.18. The summed E-state index contributed by atoms with van der Waals surface area (Å²) in [6.07, 6.45) is 1.34. The molecule has 1 amide bonds. The predicted octanol–water partition coefficient (Wildman–Crippen LogP) is 1.66. The fraction of sp³-hybridized carbons (Fsp3) is 0.176. The van der Waals surface area contributed by atoms with Gasteiger partial charge in [-0.15, -0.1) is 0 Å². The third kappa shape index (κ3) is 4.24. The van der Waals surface area contributed by atoms with Gasteiger partial charge < -0.3 is 0 Å². The quantitative estimate of drug-likeness (QED) is 0.376. The van der Waals surface area contributed by atoms with Crippen LogP contribution in [0.4, 0.5) is 0 Å². The van der Waals surface area contributed by atoms with Gasteiger partial charge >= 0.3 is 155 Å². The van der Waals surface area contributed by atoms with Crippen molar-refractivity contribution in [3.63, 3.8) is 0 Å². The number of amides is 1. The van der Waals surface area contributed by atoms with E-state index in [1.54, 1.807) is 0 Å². The third-order valence-electron chi connectivity index (χ3n) is 3.43. The Morgan fingerprint density at radius 1 is 1.24 bits per heavy atom. The molecule has 2 heterocycles. The van der Waals surface area contributed by atoms with Crippen molar-refractivity contribution in [1.82, 2.24) is 14.7 Å². The van der Waals surface area contributed by atoms with Crippen molar-refractivity contribution in [1.29, 1.82) is 0 Å². The topological polar surface area (TPSA) is 81.2 Å². The molecule has 25 heavy (non-hydrogen) atoms. The van der Waals surface area contributed by atoms with Gasteiger partial charge in [-0.05, 0) is 0 Å². The molecule has 127 valence electrons. The summed E-state index contributed by atoms with van der Waals surface area (Å²) >= 11 is 1.42. The molecule has 0 fully saturated rings. The van der Waals surface area contributed by atoms with Gasteiger partial charge in [0.1, 0.15) is 0 Å². The number of fused-ring (bicyclic) bond motifs is 1. The molecular weight excluding hydrogens is 401 g/mol. The molecule has 3 aromatic rings. The molecule has 0 saturated carbocycles. The minimum atomic E-state index is -0.473. The van der Waals surface area contributed by atoms with E-state index in [1.807, 2.05) is 12.1 Å². The molecule has 0 bridgehead atoms. The Bertz CT molecular complexity index is 896. The number of nitrogens with one attached hydrogen (secondary N) is 1. The van der Waals surface area contributed by atoms with Crippen LogP contribution in [0.15, 0.2) is 42.6 Å². The summed E-state index contributed by atoms with van der Waals surface area (Å²) < 4.78 is 11.5. The van der Waals surface area contributed by atoms with Gasteiger partial charge in [0.25, 0.3) is 0 Å². The second kappa shape index (κ2) is 8.23. The van der Waals surface area contributed by atoms with Crippen molar-refractivity contribution in [3.8, 4) is 0 Å². The van der Waals surface area contributed by atoms with Crippen molar-refractivity contribution in [3.05, 3.63) is 53.9 Å². The molecule has 6 nitrogen and oxygen atoms in total. The number of nitrogens with zero attached hydrogens (tertiary/aromatic N) is 2. The first-order valence-corrected chi connectivity index (χ1v) is 10.6. The minimum absolute atomic E-state index is 0.0971. The van der Waals surface area contributed by atoms with E-state index in [2.05, 4.69) is 31.5 Å². The third-order valence-corrected chi connectivity index (χ3v) is 6.84. The first kappa shape index (κ1) is 17.6. The van der Waals surface area contributed by atoms with E-state index in [-0.39, 0.29) is 27.4 Å². The van der Waals surface area contributed by atoms with Crippen LogP contribution in [-0.2, 0) is 4.74 Å². The van der Waals surface area contributed by atoms with Crippen molar-refractivity contribution in [2.45, 2.75) is 5.21 Å². The van der Waals surface area contributed by atoms with E-state index in [9.17, 15) is 9.59 Å². The van der Waals surface area contributed by atoms with Gasteiger partial charge in [0.15, 0.2) is 0 Å². The number of benzene rings is 1. The molecule has 0 unspecified atom stereocenters. The Morgan fingerprint density at radius 3 is 2.84 bits per heavy atom. The summed E-state index contributed by atoms with van der Waals surface area (Å²) in [6, 6.07) is 11.2. The Balaban J connectivity index is 1.50. The molecule has 0 aliphatic rings. The average Bonchev–Trinajstić information content (AvgIpc) is 3.07. The van der Waals surface area contributed by atoms with E-state index < -0.39 is 5.97 Å². The molecule has 1 N–H and O–H groups in total. The zero-order chi connectivity index (χ0) is 17.6. The number of carbonyl (C=O) groups is 2. The van der Waals surface area contributed by atoms with Crippen LogP contribution in [0.5, 0.6) is 0 Å². The zero-order valence-electron chi connectivity index (χ0n) is 13.4. The average molecular weight is 416 g/mol. The van der Waals surface area contributed by atoms with Gasteiger partial charge in [-0.25, -0.2) is 0 Å². The molecule has 1 radical (unpaired) electrons. The number of hydrogen-bond donors (Lipinski definition) is 1. The summed E-state index contributed by atoms with van der Waals surface area (Å²) in [5.74, 6) is -0.722. The van der Waals surface area contributed by atoms with E-state index in [4.69, 9.17) is 0 Å². The van der Waals surface area contributed by atoms with Crippen LogP contribution in [0, 0.1) is 0 Å². The van der Waals surface area contributed by atoms with Crippen LogP contribution >= 0.6 is 11.5 Å². The molecular formula is C17H15AsN3O3S. The number of rotatable bonds is 6. The molecule has 2 aromatic heterocycles. The maximum absolute atomic E-state index is 12.1. The number of hydrogen-bond acceptors (Lipinski definition) is 6. The molecule has 0 atom stereocenters. The molecule has 0 aliphatic heterocycles. The zero-order valence-corrected chi connectivity index (χ0v) is 16.1. The Kier molecular flexibility index (Phi) is 5.78. The van der Waals surface area contributed by atoms with Crippen LogP contribution < -0.4 is 9.80 Å². The monoisotopic (exact) mass is 416 g/mol. The molecule has 0 spiro atoms. The van der Waals surface area contributed by atoms with Gasteiger partial charge in [-0.3, -0.25) is 0 Å². The second-order valence-corrected chi connectivity index (χ2v) is 8.36. The van der Waals surface area contributed by atoms with Crippen LogP contribution in [0.2, 0.25) is 5.21 Å². The van der Waals surface area contributed by atoms with Gasteiger partial charge in [0.2, 0.25) is 0 Å². The van der Waals surface area contributed by atoms with Gasteiger partial charge in [-0.2, -0.15) is 0 Å².